The standard InChI is InChI=1S/C12H11FN2O2/c1-7-3-4-10(13)9(5-7)12(16)14-11-6-8(2)15-17-11/h3-6H,1-2H3,(H,14,16). The summed E-state index contributed by atoms with van der Waals surface area (Å²) in [7, 11) is 0. The van der Waals surface area contributed by atoms with Crippen LogP contribution in [0.2, 0.25) is 0 Å². The summed E-state index contributed by atoms with van der Waals surface area (Å²) >= 11 is 0. The molecule has 0 saturated heterocycles. The molecule has 0 fully saturated rings. The minimum Gasteiger partial charge on any atom is -0.338 e. The molecule has 1 N–H and O–H groups in total. The van der Waals surface area contributed by atoms with Gasteiger partial charge in [0.1, 0.15) is 5.82 Å². The second kappa shape index (κ2) is 4.37. The Morgan fingerprint density at radius 3 is 2.76 bits per heavy atom. The Labute approximate surface area is 97.4 Å². The second-order valence-corrected chi connectivity index (χ2v) is 3.77. The molecule has 0 aliphatic carbocycles. The van der Waals surface area contributed by atoms with Crippen LogP contribution in [0.4, 0.5) is 10.3 Å². The van der Waals surface area contributed by atoms with E-state index in [0.29, 0.717) is 5.69 Å². The number of amides is 1. The van der Waals surface area contributed by atoms with Gasteiger partial charge in [0.05, 0.1) is 11.3 Å². The fourth-order valence-corrected chi connectivity index (χ4v) is 1.41. The number of aromatic nitrogens is 1. The summed E-state index contributed by atoms with van der Waals surface area (Å²) in [6, 6.07) is 5.90. The molecule has 0 atom stereocenters. The van der Waals surface area contributed by atoms with E-state index in [4.69, 9.17) is 4.52 Å². The Hall–Kier alpha value is -2.17. The third-order valence-electron chi connectivity index (χ3n) is 2.23. The molecule has 0 aliphatic heterocycles. The summed E-state index contributed by atoms with van der Waals surface area (Å²) in [6.07, 6.45) is 0. The normalized spacial score (nSPS) is 10.3. The van der Waals surface area contributed by atoms with Gasteiger partial charge in [0.25, 0.3) is 5.91 Å². The fourth-order valence-electron chi connectivity index (χ4n) is 1.41. The Kier molecular flexibility index (Phi) is 2.91. The first-order valence-electron chi connectivity index (χ1n) is 5.07. The van der Waals surface area contributed by atoms with E-state index in [-0.39, 0.29) is 11.4 Å². The SMILES string of the molecule is Cc1ccc(F)c(C(=O)Nc2cc(C)no2)c1. The molecule has 0 unspecified atom stereocenters. The zero-order valence-electron chi connectivity index (χ0n) is 9.45. The Bertz CT molecular complexity index is 563. The Balaban J connectivity index is 2.22. The van der Waals surface area contributed by atoms with Crippen molar-refractivity contribution in [3.05, 3.63) is 46.9 Å². The van der Waals surface area contributed by atoms with E-state index in [1.807, 2.05) is 0 Å². The first-order chi connectivity index (χ1) is 8.06. The van der Waals surface area contributed by atoms with Gasteiger partial charge in [-0.2, -0.15) is 0 Å². The van der Waals surface area contributed by atoms with Crippen molar-refractivity contribution in [1.82, 2.24) is 5.16 Å². The highest BCUT2D eigenvalue weighted by molar-refractivity contribution is 6.03. The van der Waals surface area contributed by atoms with Gasteiger partial charge in [-0.25, -0.2) is 4.39 Å². The average molecular weight is 234 g/mol. The van der Waals surface area contributed by atoms with E-state index in [1.54, 1.807) is 26.0 Å². The van der Waals surface area contributed by atoms with E-state index in [2.05, 4.69) is 10.5 Å². The number of halogens is 1. The maximum absolute atomic E-state index is 13.4. The van der Waals surface area contributed by atoms with Crippen molar-refractivity contribution < 1.29 is 13.7 Å². The molecule has 4 nitrogen and oxygen atoms in total. The van der Waals surface area contributed by atoms with E-state index in [0.717, 1.165) is 5.56 Å². The van der Waals surface area contributed by atoms with E-state index in [1.165, 1.54) is 12.1 Å². The van der Waals surface area contributed by atoms with Gasteiger partial charge < -0.3 is 4.52 Å². The quantitative estimate of drug-likeness (QED) is 0.869. The van der Waals surface area contributed by atoms with Crippen molar-refractivity contribution in [2.24, 2.45) is 0 Å². The molecule has 2 rings (SSSR count). The largest absolute Gasteiger partial charge is 0.338 e. The van der Waals surface area contributed by atoms with Crippen molar-refractivity contribution in [2.75, 3.05) is 5.32 Å². The highest BCUT2D eigenvalue weighted by atomic mass is 19.1. The van der Waals surface area contributed by atoms with Crippen LogP contribution in [0.15, 0.2) is 28.8 Å². The molecule has 17 heavy (non-hydrogen) atoms. The van der Waals surface area contributed by atoms with Gasteiger partial charge in [-0.1, -0.05) is 16.8 Å². The molecule has 0 saturated carbocycles. The van der Waals surface area contributed by atoms with Crippen LogP contribution in [0, 0.1) is 19.7 Å². The summed E-state index contributed by atoms with van der Waals surface area (Å²) in [5.41, 5.74) is 1.44. The number of rotatable bonds is 2. The number of anilines is 1. The maximum atomic E-state index is 13.4. The molecule has 0 aliphatic rings. The number of nitrogens with zero attached hydrogens (tertiary/aromatic N) is 1. The van der Waals surface area contributed by atoms with Crippen LogP contribution in [0.1, 0.15) is 21.6 Å². The first kappa shape index (κ1) is 11.3. The van der Waals surface area contributed by atoms with E-state index < -0.39 is 11.7 Å². The summed E-state index contributed by atoms with van der Waals surface area (Å²) in [5.74, 6) is -0.917. The van der Waals surface area contributed by atoms with Gasteiger partial charge in [-0.3, -0.25) is 10.1 Å². The summed E-state index contributed by atoms with van der Waals surface area (Å²) in [6.45, 7) is 3.52. The lowest BCUT2D eigenvalue weighted by Crippen LogP contribution is -2.13. The van der Waals surface area contributed by atoms with Crippen LogP contribution >= 0.6 is 0 Å². The molecule has 2 aromatic rings. The summed E-state index contributed by atoms with van der Waals surface area (Å²) in [5, 5.41) is 6.06. The monoisotopic (exact) mass is 234 g/mol. The van der Waals surface area contributed by atoms with E-state index >= 15 is 0 Å². The molecule has 1 aromatic carbocycles. The van der Waals surface area contributed by atoms with Crippen LogP contribution in [0.5, 0.6) is 0 Å². The number of carbonyl (C=O) groups is 1. The lowest BCUT2D eigenvalue weighted by Gasteiger charge is -2.03. The third kappa shape index (κ3) is 2.50. The van der Waals surface area contributed by atoms with Gasteiger partial charge in [-0.15, -0.1) is 0 Å². The molecule has 0 bridgehead atoms. The molecule has 1 heterocycles. The van der Waals surface area contributed by atoms with Crippen molar-refractivity contribution in [1.29, 1.82) is 0 Å². The fraction of sp³-hybridized carbons (Fsp3) is 0.167. The predicted octanol–water partition coefficient (Wildman–Crippen LogP) is 2.68. The second-order valence-electron chi connectivity index (χ2n) is 3.77. The van der Waals surface area contributed by atoms with Crippen LogP contribution in [0.3, 0.4) is 0 Å². The molecule has 1 amide bonds. The van der Waals surface area contributed by atoms with Gasteiger partial charge in [-0.05, 0) is 26.0 Å². The Morgan fingerprint density at radius 2 is 2.12 bits per heavy atom. The summed E-state index contributed by atoms with van der Waals surface area (Å²) in [4.78, 5) is 11.8. The number of carbonyl (C=O) groups excluding carboxylic acids is 1. The number of hydrogen-bond donors (Lipinski definition) is 1. The number of benzene rings is 1. The zero-order chi connectivity index (χ0) is 12.4. The first-order valence-corrected chi connectivity index (χ1v) is 5.07. The highest BCUT2D eigenvalue weighted by Crippen LogP contribution is 2.14. The van der Waals surface area contributed by atoms with E-state index in [9.17, 15) is 9.18 Å². The van der Waals surface area contributed by atoms with Crippen LogP contribution in [-0.4, -0.2) is 11.1 Å². The zero-order valence-corrected chi connectivity index (χ0v) is 9.45. The third-order valence-corrected chi connectivity index (χ3v) is 2.23. The predicted molar refractivity (Wildman–Crippen MR) is 60.3 cm³/mol. The lowest BCUT2D eigenvalue weighted by atomic mass is 10.1. The molecule has 0 radical (unpaired) electrons. The van der Waals surface area contributed by atoms with Crippen LogP contribution < -0.4 is 5.32 Å². The highest BCUT2D eigenvalue weighted by Gasteiger charge is 2.13. The molecular formula is C12H11FN2O2. The molecule has 88 valence electrons. The minimum absolute atomic E-state index is 0.0148. The van der Waals surface area contributed by atoms with Gasteiger partial charge in [0, 0.05) is 6.07 Å². The summed E-state index contributed by atoms with van der Waals surface area (Å²) < 4.78 is 18.2. The lowest BCUT2D eigenvalue weighted by molar-refractivity contribution is 0.102. The van der Waals surface area contributed by atoms with Crippen molar-refractivity contribution in [3.63, 3.8) is 0 Å². The minimum atomic E-state index is -0.565. The van der Waals surface area contributed by atoms with Gasteiger partial charge in [0.15, 0.2) is 0 Å². The molecule has 1 aromatic heterocycles. The Morgan fingerprint density at radius 1 is 1.35 bits per heavy atom. The number of hydrogen-bond acceptors (Lipinski definition) is 3. The average Bonchev–Trinajstić information content (AvgIpc) is 2.67. The van der Waals surface area contributed by atoms with Crippen molar-refractivity contribution in [2.45, 2.75) is 13.8 Å². The molecular weight excluding hydrogens is 223 g/mol. The van der Waals surface area contributed by atoms with Crippen molar-refractivity contribution >= 4 is 11.8 Å². The van der Waals surface area contributed by atoms with Gasteiger partial charge in [0.2, 0.25) is 5.88 Å². The van der Waals surface area contributed by atoms with Crippen LogP contribution in [0.25, 0.3) is 0 Å². The number of aryl methyl sites for hydroxylation is 2. The topological polar surface area (TPSA) is 55.1 Å². The van der Waals surface area contributed by atoms with Crippen LogP contribution in [-0.2, 0) is 0 Å². The maximum Gasteiger partial charge on any atom is 0.261 e. The number of nitrogens with one attached hydrogen (secondary N) is 1. The smallest absolute Gasteiger partial charge is 0.261 e. The van der Waals surface area contributed by atoms with Crippen molar-refractivity contribution in [3.8, 4) is 0 Å². The molecule has 0 spiro atoms. The molecule has 5 heteroatoms. The van der Waals surface area contributed by atoms with Gasteiger partial charge >= 0.3 is 0 Å².